The van der Waals surface area contributed by atoms with E-state index < -0.39 is 0 Å². The minimum absolute atomic E-state index is 0.0890. The lowest BCUT2D eigenvalue weighted by Gasteiger charge is -2.40. The molecular formula is C15H30N4O. The standard InChI is InChI=1S/C15H30N4O/c1-4-16-14(18-13-6-5-7-13)17-12-15(2,3)19-8-10-20-11-9-19/h13H,4-12H2,1-3H3,(H2,16,17,18). The summed E-state index contributed by atoms with van der Waals surface area (Å²) >= 11 is 0. The molecule has 0 aromatic heterocycles. The Labute approximate surface area is 123 Å². The molecule has 0 amide bonds. The summed E-state index contributed by atoms with van der Waals surface area (Å²) in [6, 6.07) is 0.624. The van der Waals surface area contributed by atoms with Crippen molar-refractivity contribution in [2.45, 2.75) is 51.6 Å². The first kappa shape index (κ1) is 15.6. The van der Waals surface area contributed by atoms with Gasteiger partial charge in [-0.1, -0.05) is 0 Å². The predicted molar refractivity (Wildman–Crippen MR) is 83.2 cm³/mol. The van der Waals surface area contributed by atoms with Gasteiger partial charge in [-0.15, -0.1) is 0 Å². The normalized spacial score (nSPS) is 22.4. The minimum atomic E-state index is 0.0890. The van der Waals surface area contributed by atoms with E-state index in [4.69, 9.17) is 9.73 Å². The first-order valence-corrected chi connectivity index (χ1v) is 7.99. The number of guanidine groups is 1. The molecule has 116 valence electrons. The molecule has 5 heteroatoms. The van der Waals surface area contributed by atoms with Crippen LogP contribution in [0.1, 0.15) is 40.0 Å². The molecule has 5 nitrogen and oxygen atoms in total. The third-order valence-corrected chi connectivity index (χ3v) is 4.28. The van der Waals surface area contributed by atoms with Crippen molar-refractivity contribution in [2.75, 3.05) is 39.4 Å². The number of ether oxygens (including phenoxy) is 1. The van der Waals surface area contributed by atoms with E-state index in [1.165, 1.54) is 19.3 Å². The fourth-order valence-corrected chi connectivity index (χ4v) is 2.61. The maximum absolute atomic E-state index is 5.43. The second-order valence-corrected chi connectivity index (χ2v) is 6.38. The fourth-order valence-electron chi connectivity index (χ4n) is 2.61. The highest BCUT2D eigenvalue weighted by Gasteiger charge is 2.28. The van der Waals surface area contributed by atoms with Crippen molar-refractivity contribution in [1.82, 2.24) is 15.5 Å². The van der Waals surface area contributed by atoms with Gasteiger partial charge < -0.3 is 15.4 Å². The van der Waals surface area contributed by atoms with Crippen LogP contribution < -0.4 is 10.6 Å². The molecule has 1 saturated heterocycles. The molecule has 2 fully saturated rings. The number of rotatable bonds is 5. The molecule has 1 heterocycles. The molecule has 0 radical (unpaired) electrons. The lowest BCUT2D eigenvalue weighted by atomic mass is 9.93. The van der Waals surface area contributed by atoms with E-state index in [1.54, 1.807) is 0 Å². The van der Waals surface area contributed by atoms with Gasteiger partial charge in [-0.05, 0) is 40.0 Å². The number of hydrogen-bond donors (Lipinski definition) is 2. The van der Waals surface area contributed by atoms with Gasteiger partial charge in [0.25, 0.3) is 0 Å². The number of nitrogens with zero attached hydrogens (tertiary/aromatic N) is 2. The Morgan fingerprint density at radius 2 is 2.00 bits per heavy atom. The SMILES string of the molecule is CCNC(=NCC(C)(C)N1CCOCC1)NC1CCC1. The van der Waals surface area contributed by atoms with E-state index in [0.717, 1.165) is 45.4 Å². The van der Waals surface area contributed by atoms with Crippen molar-refractivity contribution in [1.29, 1.82) is 0 Å². The average Bonchev–Trinajstić information content (AvgIpc) is 2.41. The van der Waals surface area contributed by atoms with Crippen LogP contribution in [0, 0.1) is 0 Å². The summed E-state index contributed by atoms with van der Waals surface area (Å²) in [5.74, 6) is 0.971. The van der Waals surface area contributed by atoms with Crippen LogP contribution in [0.5, 0.6) is 0 Å². The van der Waals surface area contributed by atoms with Crippen molar-refractivity contribution in [3.63, 3.8) is 0 Å². The Kier molecular flexibility index (Phi) is 5.66. The molecule has 20 heavy (non-hydrogen) atoms. The second-order valence-electron chi connectivity index (χ2n) is 6.38. The van der Waals surface area contributed by atoms with Gasteiger partial charge >= 0.3 is 0 Å². The zero-order valence-corrected chi connectivity index (χ0v) is 13.2. The molecule has 0 spiro atoms. The Morgan fingerprint density at radius 3 is 2.55 bits per heavy atom. The lowest BCUT2D eigenvalue weighted by Crippen LogP contribution is -2.52. The number of hydrogen-bond acceptors (Lipinski definition) is 3. The first-order chi connectivity index (χ1) is 9.62. The van der Waals surface area contributed by atoms with Crippen molar-refractivity contribution in [2.24, 2.45) is 4.99 Å². The zero-order chi connectivity index (χ0) is 14.4. The van der Waals surface area contributed by atoms with Crippen molar-refractivity contribution >= 4 is 5.96 Å². The van der Waals surface area contributed by atoms with Crippen LogP contribution >= 0.6 is 0 Å². The quantitative estimate of drug-likeness (QED) is 0.588. The topological polar surface area (TPSA) is 48.9 Å². The molecule has 2 rings (SSSR count). The summed E-state index contributed by atoms with van der Waals surface area (Å²) < 4.78 is 5.43. The van der Waals surface area contributed by atoms with Crippen molar-refractivity contribution < 1.29 is 4.74 Å². The first-order valence-electron chi connectivity index (χ1n) is 7.99. The molecule has 1 saturated carbocycles. The van der Waals surface area contributed by atoms with Gasteiger partial charge in [0.15, 0.2) is 5.96 Å². The maximum atomic E-state index is 5.43. The third kappa shape index (κ3) is 4.35. The van der Waals surface area contributed by atoms with E-state index >= 15 is 0 Å². The summed E-state index contributed by atoms with van der Waals surface area (Å²) in [5, 5.41) is 6.88. The molecule has 0 aromatic rings. The van der Waals surface area contributed by atoms with Crippen LogP contribution in [0.15, 0.2) is 4.99 Å². The molecule has 0 aromatic carbocycles. The highest BCUT2D eigenvalue weighted by atomic mass is 16.5. The highest BCUT2D eigenvalue weighted by molar-refractivity contribution is 5.80. The highest BCUT2D eigenvalue weighted by Crippen LogP contribution is 2.19. The van der Waals surface area contributed by atoms with Crippen LogP contribution in [-0.4, -0.2) is 61.8 Å². The van der Waals surface area contributed by atoms with Gasteiger partial charge in [-0.3, -0.25) is 9.89 Å². The monoisotopic (exact) mass is 282 g/mol. The number of nitrogens with one attached hydrogen (secondary N) is 2. The molecule has 0 bridgehead atoms. The Balaban J connectivity index is 1.88. The molecule has 1 aliphatic heterocycles. The molecule has 2 N–H and O–H groups in total. The molecule has 0 unspecified atom stereocenters. The smallest absolute Gasteiger partial charge is 0.191 e. The number of morpholine rings is 1. The van der Waals surface area contributed by atoms with Gasteiger partial charge in [-0.25, -0.2) is 0 Å². The van der Waals surface area contributed by atoms with E-state index in [9.17, 15) is 0 Å². The molecule has 1 aliphatic carbocycles. The van der Waals surface area contributed by atoms with Crippen LogP contribution in [0.3, 0.4) is 0 Å². The Bertz CT molecular complexity index is 320. The zero-order valence-electron chi connectivity index (χ0n) is 13.2. The Hall–Kier alpha value is -0.810. The van der Waals surface area contributed by atoms with E-state index in [-0.39, 0.29) is 5.54 Å². The van der Waals surface area contributed by atoms with E-state index in [0.29, 0.717) is 6.04 Å². The predicted octanol–water partition coefficient (Wildman–Crippen LogP) is 1.20. The van der Waals surface area contributed by atoms with E-state index in [2.05, 4.69) is 36.3 Å². The van der Waals surface area contributed by atoms with Gasteiger partial charge in [0, 0.05) is 31.2 Å². The molecule has 2 aliphatic rings. The van der Waals surface area contributed by atoms with Crippen LogP contribution in [0.4, 0.5) is 0 Å². The summed E-state index contributed by atoms with van der Waals surface area (Å²) in [4.78, 5) is 7.27. The average molecular weight is 282 g/mol. The number of aliphatic imine (C=N–C) groups is 1. The van der Waals surface area contributed by atoms with Gasteiger partial charge in [-0.2, -0.15) is 0 Å². The van der Waals surface area contributed by atoms with Crippen molar-refractivity contribution in [3.8, 4) is 0 Å². The summed E-state index contributed by atoms with van der Waals surface area (Å²) in [7, 11) is 0. The summed E-state index contributed by atoms with van der Waals surface area (Å²) in [5.41, 5.74) is 0.0890. The second kappa shape index (κ2) is 7.27. The van der Waals surface area contributed by atoms with Gasteiger partial charge in [0.2, 0.25) is 0 Å². The Morgan fingerprint density at radius 1 is 1.30 bits per heavy atom. The van der Waals surface area contributed by atoms with Crippen LogP contribution in [-0.2, 0) is 4.74 Å². The molecule has 0 atom stereocenters. The maximum Gasteiger partial charge on any atom is 0.191 e. The minimum Gasteiger partial charge on any atom is -0.379 e. The summed E-state index contributed by atoms with van der Waals surface area (Å²) in [6.07, 6.45) is 3.89. The molecular weight excluding hydrogens is 252 g/mol. The van der Waals surface area contributed by atoms with Crippen LogP contribution in [0.25, 0.3) is 0 Å². The van der Waals surface area contributed by atoms with Crippen LogP contribution in [0.2, 0.25) is 0 Å². The largest absolute Gasteiger partial charge is 0.379 e. The van der Waals surface area contributed by atoms with Gasteiger partial charge in [0.1, 0.15) is 0 Å². The summed E-state index contributed by atoms with van der Waals surface area (Å²) in [6.45, 7) is 12.1. The van der Waals surface area contributed by atoms with E-state index in [1.807, 2.05) is 0 Å². The van der Waals surface area contributed by atoms with Crippen molar-refractivity contribution in [3.05, 3.63) is 0 Å². The van der Waals surface area contributed by atoms with Gasteiger partial charge in [0.05, 0.1) is 19.8 Å². The fraction of sp³-hybridized carbons (Fsp3) is 0.933. The lowest BCUT2D eigenvalue weighted by molar-refractivity contribution is -0.00684. The third-order valence-electron chi connectivity index (χ3n) is 4.28.